The van der Waals surface area contributed by atoms with Crippen LogP contribution < -0.4 is 4.74 Å². The van der Waals surface area contributed by atoms with Gasteiger partial charge in [-0.25, -0.2) is 0 Å². The number of halogens is 1. The van der Waals surface area contributed by atoms with E-state index in [1.165, 1.54) is 12.1 Å². The van der Waals surface area contributed by atoms with Gasteiger partial charge in [0.1, 0.15) is 6.61 Å². The molecule has 0 atom stereocenters. The summed E-state index contributed by atoms with van der Waals surface area (Å²) in [4.78, 5) is 13.8. The van der Waals surface area contributed by atoms with Crippen molar-refractivity contribution < 1.29 is 9.66 Å². The summed E-state index contributed by atoms with van der Waals surface area (Å²) in [6.45, 7) is 0.388. The third-order valence-corrected chi connectivity index (χ3v) is 2.79. The van der Waals surface area contributed by atoms with E-state index in [2.05, 4.69) is 20.9 Å². The molecular weight excluding hydrogens is 300 g/mol. The minimum absolute atomic E-state index is 0.214. The SMILES string of the molecule is O=[N+]([O-])c1ccc(OCc2ccccc2)c(Br)n1. The van der Waals surface area contributed by atoms with Gasteiger partial charge in [-0.1, -0.05) is 30.3 Å². The minimum Gasteiger partial charge on any atom is -0.484 e. The summed E-state index contributed by atoms with van der Waals surface area (Å²) in [6.07, 6.45) is 0. The second-order valence-corrected chi connectivity index (χ2v) is 4.24. The lowest BCUT2D eigenvalue weighted by Crippen LogP contribution is -1.98. The molecule has 1 heterocycles. The van der Waals surface area contributed by atoms with Crippen molar-refractivity contribution in [2.45, 2.75) is 6.61 Å². The summed E-state index contributed by atoms with van der Waals surface area (Å²) in [5.41, 5.74) is 1.02. The molecule has 1 aromatic carbocycles. The first-order valence-corrected chi connectivity index (χ1v) is 5.94. The van der Waals surface area contributed by atoms with Crippen molar-refractivity contribution in [2.75, 3.05) is 0 Å². The van der Waals surface area contributed by atoms with Gasteiger partial charge in [0.25, 0.3) is 4.60 Å². The number of aromatic nitrogens is 1. The second-order valence-electron chi connectivity index (χ2n) is 3.49. The van der Waals surface area contributed by atoms with Gasteiger partial charge in [-0.3, -0.25) is 0 Å². The lowest BCUT2D eigenvalue weighted by atomic mass is 10.2. The van der Waals surface area contributed by atoms with Gasteiger partial charge in [-0.15, -0.1) is 0 Å². The van der Waals surface area contributed by atoms with E-state index in [1.54, 1.807) is 0 Å². The standard InChI is InChI=1S/C12H9BrN2O3/c13-12-10(6-7-11(14-12)15(16)17)18-8-9-4-2-1-3-5-9/h1-7H,8H2. The number of rotatable bonds is 4. The summed E-state index contributed by atoms with van der Waals surface area (Å²) < 4.78 is 5.85. The van der Waals surface area contributed by atoms with Crippen LogP contribution in [0.4, 0.5) is 5.82 Å². The van der Waals surface area contributed by atoms with Crippen molar-refractivity contribution in [1.82, 2.24) is 4.98 Å². The van der Waals surface area contributed by atoms with Crippen molar-refractivity contribution in [3.05, 3.63) is 62.7 Å². The Morgan fingerprint density at radius 3 is 2.56 bits per heavy atom. The van der Waals surface area contributed by atoms with E-state index in [0.29, 0.717) is 17.0 Å². The summed E-state index contributed by atoms with van der Waals surface area (Å²) >= 11 is 3.15. The monoisotopic (exact) mass is 308 g/mol. The molecule has 18 heavy (non-hydrogen) atoms. The lowest BCUT2D eigenvalue weighted by Gasteiger charge is -2.05. The van der Waals surface area contributed by atoms with Crippen LogP contribution in [-0.4, -0.2) is 9.91 Å². The zero-order valence-electron chi connectivity index (χ0n) is 9.25. The quantitative estimate of drug-likeness (QED) is 0.493. The van der Waals surface area contributed by atoms with Gasteiger partial charge < -0.3 is 14.9 Å². The summed E-state index contributed by atoms with van der Waals surface area (Å²) in [5, 5.41) is 10.5. The number of pyridine rings is 1. The molecule has 0 bridgehead atoms. The molecule has 0 amide bonds. The zero-order chi connectivity index (χ0) is 13.0. The van der Waals surface area contributed by atoms with Gasteiger partial charge in [0.05, 0.1) is 0 Å². The van der Waals surface area contributed by atoms with Gasteiger partial charge in [0, 0.05) is 22.0 Å². The van der Waals surface area contributed by atoms with Crippen molar-refractivity contribution in [3.8, 4) is 5.75 Å². The van der Waals surface area contributed by atoms with Crippen molar-refractivity contribution in [1.29, 1.82) is 0 Å². The summed E-state index contributed by atoms with van der Waals surface area (Å²) in [7, 11) is 0. The summed E-state index contributed by atoms with van der Waals surface area (Å²) in [5.74, 6) is 0.262. The molecule has 6 heteroatoms. The fraction of sp³-hybridized carbons (Fsp3) is 0.0833. The van der Waals surface area contributed by atoms with Crippen LogP contribution in [0.25, 0.3) is 0 Å². The van der Waals surface area contributed by atoms with Crippen LogP contribution >= 0.6 is 15.9 Å². The Balaban J connectivity index is 2.08. The average Bonchev–Trinajstić information content (AvgIpc) is 2.38. The lowest BCUT2D eigenvalue weighted by molar-refractivity contribution is -0.389. The highest BCUT2D eigenvalue weighted by Crippen LogP contribution is 2.26. The van der Waals surface area contributed by atoms with E-state index in [0.717, 1.165) is 5.56 Å². The molecule has 0 saturated carbocycles. The van der Waals surface area contributed by atoms with E-state index in [-0.39, 0.29) is 5.82 Å². The van der Waals surface area contributed by atoms with Crippen molar-refractivity contribution in [2.24, 2.45) is 0 Å². The Morgan fingerprint density at radius 2 is 1.94 bits per heavy atom. The van der Waals surface area contributed by atoms with Crippen LogP contribution in [0.1, 0.15) is 5.56 Å². The predicted molar refractivity (Wildman–Crippen MR) is 69.4 cm³/mol. The first-order valence-electron chi connectivity index (χ1n) is 5.14. The number of nitrogens with zero attached hydrogens (tertiary/aromatic N) is 2. The summed E-state index contributed by atoms with van der Waals surface area (Å²) in [6, 6.07) is 12.5. The largest absolute Gasteiger partial charge is 0.484 e. The molecule has 0 aliphatic carbocycles. The van der Waals surface area contributed by atoms with Gasteiger partial charge in [0.15, 0.2) is 5.75 Å². The molecular formula is C12H9BrN2O3. The van der Waals surface area contributed by atoms with Crippen LogP contribution in [0.3, 0.4) is 0 Å². The molecule has 1 aromatic heterocycles. The number of nitro groups is 1. The zero-order valence-corrected chi connectivity index (χ0v) is 10.8. The van der Waals surface area contributed by atoms with Gasteiger partial charge in [-0.2, -0.15) is 0 Å². The van der Waals surface area contributed by atoms with E-state index in [4.69, 9.17) is 4.74 Å². The van der Waals surface area contributed by atoms with Crippen LogP contribution in [0.5, 0.6) is 5.75 Å². The molecule has 0 aliphatic rings. The van der Waals surface area contributed by atoms with E-state index >= 15 is 0 Å². The Morgan fingerprint density at radius 1 is 1.22 bits per heavy atom. The third-order valence-electron chi connectivity index (χ3n) is 2.22. The molecule has 2 rings (SSSR count). The Bertz CT molecular complexity index is 561. The third kappa shape index (κ3) is 3.04. The Kier molecular flexibility index (Phi) is 3.88. The average molecular weight is 309 g/mol. The Labute approximate surface area is 112 Å². The topological polar surface area (TPSA) is 65.3 Å². The van der Waals surface area contributed by atoms with Gasteiger partial charge in [-0.05, 0) is 21.5 Å². The van der Waals surface area contributed by atoms with Crippen LogP contribution in [0.2, 0.25) is 0 Å². The molecule has 92 valence electrons. The maximum Gasteiger partial charge on any atom is 0.364 e. The first kappa shape index (κ1) is 12.5. The number of hydrogen-bond acceptors (Lipinski definition) is 4. The molecule has 2 aromatic rings. The molecule has 0 unspecified atom stereocenters. The fourth-order valence-corrected chi connectivity index (χ4v) is 1.78. The number of benzene rings is 1. The maximum absolute atomic E-state index is 10.5. The number of ether oxygens (including phenoxy) is 1. The smallest absolute Gasteiger partial charge is 0.364 e. The first-order chi connectivity index (χ1) is 8.66. The molecule has 0 aliphatic heterocycles. The van der Waals surface area contributed by atoms with E-state index in [1.807, 2.05) is 30.3 Å². The molecule has 0 fully saturated rings. The highest BCUT2D eigenvalue weighted by Gasteiger charge is 2.13. The van der Waals surface area contributed by atoms with Crippen LogP contribution in [0, 0.1) is 10.1 Å². The molecule has 0 radical (unpaired) electrons. The van der Waals surface area contributed by atoms with Crippen LogP contribution in [-0.2, 0) is 6.61 Å². The predicted octanol–water partition coefficient (Wildman–Crippen LogP) is 3.33. The highest BCUT2D eigenvalue weighted by atomic mass is 79.9. The normalized spacial score (nSPS) is 10.1. The van der Waals surface area contributed by atoms with Crippen LogP contribution in [0.15, 0.2) is 47.1 Å². The molecule has 0 saturated heterocycles. The highest BCUT2D eigenvalue weighted by molar-refractivity contribution is 9.10. The van der Waals surface area contributed by atoms with E-state index < -0.39 is 4.92 Å². The van der Waals surface area contributed by atoms with Gasteiger partial charge in [0.2, 0.25) is 0 Å². The second kappa shape index (κ2) is 5.59. The molecule has 0 spiro atoms. The van der Waals surface area contributed by atoms with Crippen molar-refractivity contribution in [3.63, 3.8) is 0 Å². The molecule has 5 nitrogen and oxygen atoms in total. The fourth-order valence-electron chi connectivity index (χ4n) is 1.36. The van der Waals surface area contributed by atoms with Gasteiger partial charge >= 0.3 is 5.82 Å². The molecule has 0 N–H and O–H groups in total. The minimum atomic E-state index is -0.550. The maximum atomic E-state index is 10.5. The number of hydrogen-bond donors (Lipinski definition) is 0. The Hall–Kier alpha value is -1.95. The van der Waals surface area contributed by atoms with Crippen molar-refractivity contribution >= 4 is 21.7 Å². The van der Waals surface area contributed by atoms with E-state index in [9.17, 15) is 10.1 Å².